The van der Waals surface area contributed by atoms with Gasteiger partial charge < -0.3 is 30.5 Å². The van der Waals surface area contributed by atoms with Crippen LogP contribution < -0.4 is 5.32 Å². The highest BCUT2D eigenvalue weighted by atomic mass is 19.2. The van der Waals surface area contributed by atoms with E-state index in [4.69, 9.17) is 9.84 Å². The molecule has 30 heavy (non-hydrogen) atoms. The van der Waals surface area contributed by atoms with Crippen LogP contribution in [0.15, 0.2) is 24.3 Å². The van der Waals surface area contributed by atoms with Crippen LogP contribution in [0, 0.1) is 0 Å². The molecule has 2 aromatic rings. The number of aliphatic carboxylic acids is 1. The Morgan fingerprint density at radius 1 is 1.37 bits per heavy atom. The molecule has 1 aromatic heterocycles. The molecule has 3 rings (SSSR count). The van der Waals surface area contributed by atoms with Gasteiger partial charge in [0.1, 0.15) is 29.9 Å². The Kier molecular flexibility index (Phi) is 5.99. The lowest BCUT2D eigenvalue weighted by atomic mass is 9.86. The van der Waals surface area contributed by atoms with Crippen molar-refractivity contribution in [2.24, 2.45) is 0 Å². The minimum Gasteiger partial charge on any atom is -0.477 e. The Labute approximate surface area is 167 Å². The third-order valence-electron chi connectivity index (χ3n) is 4.92. The zero-order valence-corrected chi connectivity index (χ0v) is 15.6. The number of ether oxygens (including phenoxy) is 1. The van der Waals surface area contributed by atoms with Crippen LogP contribution in [0.25, 0.3) is 11.0 Å². The Hall–Kier alpha value is -2.74. The highest BCUT2D eigenvalue weighted by molar-refractivity contribution is 5.78. The van der Waals surface area contributed by atoms with E-state index in [0.717, 1.165) is 11.6 Å². The quantitative estimate of drug-likeness (QED) is 0.373. The van der Waals surface area contributed by atoms with Crippen molar-refractivity contribution >= 4 is 22.9 Å². The summed E-state index contributed by atoms with van der Waals surface area (Å²) >= 11 is 0. The molecule has 1 aromatic carbocycles. The first-order valence-corrected chi connectivity index (χ1v) is 8.90. The minimum absolute atomic E-state index is 0.200. The van der Waals surface area contributed by atoms with Crippen LogP contribution in [0.5, 0.6) is 0 Å². The standard InChI is InChI=1S/C17H20F2N4O7/c1-7(25)20-11-12(23-9-5-3-2-4-8(9)21-22-23)15(18)17(19,16(28)29)30-14(11)13(27)10(26)6-24/h2-5,10-15,24,26-27H,6H2,1H3,(H,20,25)(H,28,29)/t10-,11-,12-,13-,14-,15?,17?/m1/s1. The summed E-state index contributed by atoms with van der Waals surface area (Å²) in [6.45, 7) is 0.0697. The van der Waals surface area contributed by atoms with Crippen LogP contribution in [0.2, 0.25) is 0 Å². The summed E-state index contributed by atoms with van der Waals surface area (Å²) in [4.78, 5) is 23.3. The fourth-order valence-electron chi connectivity index (χ4n) is 3.50. The molecule has 1 amide bonds. The maximum Gasteiger partial charge on any atom is 0.372 e. The number of halogens is 2. The molecule has 164 valence electrons. The zero-order valence-electron chi connectivity index (χ0n) is 15.6. The number of carboxylic acid groups (broad SMARTS) is 1. The van der Waals surface area contributed by atoms with Gasteiger partial charge in [-0.2, -0.15) is 4.39 Å². The number of nitrogens with one attached hydrogen (secondary N) is 1. The number of carbonyl (C=O) groups excluding carboxylic acids is 1. The number of carboxylic acids is 1. The maximum atomic E-state index is 15.3. The van der Waals surface area contributed by atoms with Crippen molar-refractivity contribution in [2.75, 3.05) is 6.61 Å². The molecule has 2 unspecified atom stereocenters. The van der Waals surface area contributed by atoms with Crippen LogP contribution in [-0.2, 0) is 14.3 Å². The third kappa shape index (κ3) is 3.60. The number of para-hydroxylation sites is 1. The lowest BCUT2D eigenvalue weighted by Gasteiger charge is -2.47. The van der Waals surface area contributed by atoms with E-state index < -0.39 is 60.9 Å². The molecular formula is C17H20F2N4O7. The van der Waals surface area contributed by atoms with Gasteiger partial charge in [-0.15, -0.1) is 5.10 Å². The average Bonchev–Trinajstić information content (AvgIpc) is 3.13. The van der Waals surface area contributed by atoms with E-state index in [0.29, 0.717) is 0 Å². The van der Waals surface area contributed by atoms with Crippen molar-refractivity contribution in [1.29, 1.82) is 0 Å². The van der Waals surface area contributed by atoms with Gasteiger partial charge in [-0.3, -0.25) is 4.79 Å². The molecule has 2 heterocycles. The van der Waals surface area contributed by atoms with Crippen molar-refractivity contribution in [3.63, 3.8) is 0 Å². The second-order valence-electron chi connectivity index (χ2n) is 6.91. The van der Waals surface area contributed by atoms with Crippen LogP contribution in [0.1, 0.15) is 13.0 Å². The monoisotopic (exact) mass is 430 g/mol. The molecule has 11 nitrogen and oxygen atoms in total. The molecular weight excluding hydrogens is 410 g/mol. The van der Waals surface area contributed by atoms with Gasteiger partial charge in [0, 0.05) is 6.92 Å². The number of fused-ring (bicyclic) bond motifs is 1. The number of aromatic nitrogens is 3. The van der Waals surface area contributed by atoms with Crippen LogP contribution in [0.3, 0.4) is 0 Å². The molecule has 5 N–H and O–H groups in total. The fraction of sp³-hybridized carbons (Fsp3) is 0.529. The number of hydrogen-bond donors (Lipinski definition) is 5. The Bertz CT molecular complexity index is 944. The number of amides is 1. The van der Waals surface area contributed by atoms with Crippen molar-refractivity contribution in [3.8, 4) is 0 Å². The SMILES string of the molecule is CC(=O)N[C@H]1[C@H]([C@H](O)[C@H](O)CO)OC(F)(C(=O)O)C(F)[C@@H]1n1nnc2ccccc21. The summed E-state index contributed by atoms with van der Waals surface area (Å²) in [5.74, 6) is -7.00. The van der Waals surface area contributed by atoms with Gasteiger partial charge in [0.15, 0.2) is 6.17 Å². The van der Waals surface area contributed by atoms with Gasteiger partial charge in [-0.25, -0.2) is 13.9 Å². The second kappa shape index (κ2) is 8.18. The summed E-state index contributed by atoms with van der Waals surface area (Å²) in [7, 11) is 0. The van der Waals surface area contributed by atoms with Gasteiger partial charge in [0.05, 0.1) is 18.2 Å². The van der Waals surface area contributed by atoms with Gasteiger partial charge in [-0.05, 0) is 12.1 Å². The second-order valence-corrected chi connectivity index (χ2v) is 6.91. The summed E-state index contributed by atoms with van der Waals surface area (Å²) < 4.78 is 36.2. The normalized spacial score (nSPS) is 31.3. The van der Waals surface area contributed by atoms with E-state index in [1.54, 1.807) is 12.1 Å². The number of aliphatic hydroxyl groups is 3. The Morgan fingerprint density at radius 2 is 2.03 bits per heavy atom. The average molecular weight is 430 g/mol. The number of hydrogen-bond acceptors (Lipinski definition) is 8. The van der Waals surface area contributed by atoms with E-state index in [1.807, 2.05) is 0 Å². The van der Waals surface area contributed by atoms with Crippen molar-refractivity contribution in [3.05, 3.63) is 24.3 Å². The number of benzene rings is 1. The van der Waals surface area contributed by atoms with Crippen molar-refractivity contribution in [1.82, 2.24) is 20.3 Å². The lowest BCUT2D eigenvalue weighted by molar-refractivity contribution is -0.283. The van der Waals surface area contributed by atoms with Crippen molar-refractivity contribution < 1.29 is 43.5 Å². The van der Waals surface area contributed by atoms with Gasteiger partial charge in [0.2, 0.25) is 5.91 Å². The highest BCUT2D eigenvalue weighted by Gasteiger charge is 2.64. The first kappa shape index (κ1) is 22.0. The number of carbonyl (C=O) groups is 2. The fourth-order valence-corrected chi connectivity index (χ4v) is 3.50. The molecule has 1 aliphatic rings. The molecule has 1 saturated heterocycles. The molecule has 0 aliphatic carbocycles. The van der Waals surface area contributed by atoms with Crippen LogP contribution >= 0.6 is 0 Å². The first-order valence-electron chi connectivity index (χ1n) is 8.90. The molecule has 0 spiro atoms. The van der Waals surface area contributed by atoms with E-state index in [2.05, 4.69) is 15.6 Å². The summed E-state index contributed by atoms with van der Waals surface area (Å²) in [5.41, 5.74) is 0.483. The Balaban J connectivity index is 2.20. The van der Waals surface area contributed by atoms with Crippen molar-refractivity contribution in [2.45, 2.75) is 49.3 Å². The van der Waals surface area contributed by atoms with Gasteiger partial charge >= 0.3 is 11.8 Å². The zero-order chi connectivity index (χ0) is 22.2. The third-order valence-corrected chi connectivity index (χ3v) is 4.92. The van der Waals surface area contributed by atoms with E-state index in [-0.39, 0.29) is 11.0 Å². The number of aliphatic hydroxyl groups excluding tert-OH is 3. The molecule has 0 saturated carbocycles. The maximum absolute atomic E-state index is 15.3. The summed E-state index contributed by atoms with van der Waals surface area (Å²) in [6.07, 6.45) is -8.83. The molecule has 7 atom stereocenters. The molecule has 0 radical (unpaired) electrons. The topological polar surface area (TPSA) is 167 Å². The summed E-state index contributed by atoms with van der Waals surface area (Å²) in [5, 5.41) is 48.5. The lowest BCUT2D eigenvalue weighted by Crippen LogP contribution is -2.69. The molecule has 13 heteroatoms. The van der Waals surface area contributed by atoms with Gasteiger partial charge in [0.25, 0.3) is 0 Å². The molecule has 1 aliphatic heterocycles. The van der Waals surface area contributed by atoms with E-state index >= 15 is 8.78 Å². The Morgan fingerprint density at radius 3 is 2.63 bits per heavy atom. The van der Waals surface area contributed by atoms with E-state index in [1.165, 1.54) is 12.1 Å². The number of nitrogens with zero attached hydrogens (tertiary/aromatic N) is 3. The number of rotatable bonds is 6. The predicted octanol–water partition coefficient (Wildman–Crippen LogP) is -1.32. The molecule has 0 bridgehead atoms. The predicted molar refractivity (Wildman–Crippen MR) is 94.5 cm³/mol. The van der Waals surface area contributed by atoms with Crippen LogP contribution in [-0.4, -0.2) is 90.3 Å². The van der Waals surface area contributed by atoms with E-state index in [9.17, 15) is 24.9 Å². The first-order chi connectivity index (χ1) is 14.1. The smallest absolute Gasteiger partial charge is 0.372 e. The highest BCUT2D eigenvalue weighted by Crippen LogP contribution is 2.42. The van der Waals surface area contributed by atoms with Crippen LogP contribution in [0.4, 0.5) is 8.78 Å². The summed E-state index contributed by atoms with van der Waals surface area (Å²) in [6, 6.07) is 2.76. The molecule has 1 fully saturated rings. The number of alkyl halides is 2. The minimum atomic E-state index is -3.95. The van der Waals surface area contributed by atoms with Gasteiger partial charge in [-0.1, -0.05) is 17.3 Å². The largest absolute Gasteiger partial charge is 0.477 e.